The van der Waals surface area contributed by atoms with Crippen molar-refractivity contribution in [3.8, 4) is 17.5 Å². The van der Waals surface area contributed by atoms with Crippen molar-refractivity contribution in [3.63, 3.8) is 0 Å². The number of nitrogens with two attached hydrogens (primary N) is 1. The lowest BCUT2D eigenvalue weighted by Gasteiger charge is -2.03. The lowest BCUT2D eigenvalue weighted by molar-refractivity contribution is 0.0531. The number of esters is 1. The molecule has 0 spiro atoms. The third-order valence-corrected chi connectivity index (χ3v) is 5.66. The molecule has 1 aromatic carbocycles. The van der Waals surface area contributed by atoms with E-state index >= 15 is 0 Å². The minimum absolute atomic E-state index is 0.256. The van der Waals surface area contributed by atoms with Crippen LogP contribution in [0.3, 0.4) is 0 Å². The normalized spacial score (nSPS) is 10.6. The third-order valence-electron chi connectivity index (χ3n) is 3.74. The van der Waals surface area contributed by atoms with Crippen LogP contribution in [0.5, 0.6) is 0 Å². The summed E-state index contributed by atoms with van der Waals surface area (Å²) in [5, 5.41) is 17.3. The number of aromatic amines is 1. The summed E-state index contributed by atoms with van der Waals surface area (Å²) in [4.78, 5) is 17.0. The van der Waals surface area contributed by atoms with Gasteiger partial charge in [-0.3, -0.25) is 5.10 Å². The van der Waals surface area contributed by atoms with Crippen molar-refractivity contribution in [2.24, 2.45) is 0 Å². The van der Waals surface area contributed by atoms with Crippen LogP contribution in [0.2, 0.25) is 0 Å². The summed E-state index contributed by atoms with van der Waals surface area (Å²) in [6, 6.07) is 10.0. The van der Waals surface area contributed by atoms with E-state index < -0.39 is 5.97 Å². The second-order valence-electron chi connectivity index (χ2n) is 5.60. The average molecular weight is 400 g/mol. The van der Waals surface area contributed by atoms with E-state index in [4.69, 9.17) is 10.5 Å². The number of carbonyl (C=O) groups excluding carboxylic acids is 1. The first-order valence-corrected chi connectivity index (χ1v) is 9.94. The van der Waals surface area contributed by atoms with Gasteiger partial charge in [-0.1, -0.05) is 41.6 Å². The molecule has 9 heteroatoms. The number of aryl methyl sites for hydroxylation is 1. The number of anilines is 1. The standard InChI is InChI=1S/C18H17N5O2S2/c1-3-25-17(24)14-13(12(8-19)15(20)27-14)9-26-18-21-16(22-23-18)11-6-4-10(2)5-7-11/h4-7H,3,9,20H2,1-2H3,(H,21,22,23). The Morgan fingerprint density at radius 2 is 2.15 bits per heavy atom. The van der Waals surface area contributed by atoms with Crippen LogP contribution in [-0.4, -0.2) is 27.8 Å². The van der Waals surface area contributed by atoms with Gasteiger partial charge in [-0.2, -0.15) is 5.26 Å². The molecule has 0 unspecified atom stereocenters. The van der Waals surface area contributed by atoms with Crippen molar-refractivity contribution >= 4 is 34.1 Å². The van der Waals surface area contributed by atoms with Gasteiger partial charge in [-0.25, -0.2) is 9.78 Å². The number of ether oxygens (including phenoxy) is 1. The molecule has 0 aliphatic carbocycles. The number of nitrogen functional groups attached to an aromatic ring is 1. The van der Waals surface area contributed by atoms with Crippen LogP contribution in [0.4, 0.5) is 5.00 Å². The predicted octanol–water partition coefficient (Wildman–Crippen LogP) is 3.76. The Kier molecular flexibility index (Phi) is 5.78. The molecule has 3 aromatic rings. The summed E-state index contributed by atoms with van der Waals surface area (Å²) in [6.45, 7) is 4.01. The van der Waals surface area contributed by atoms with Gasteiger partial charge in [0, 0.05) is 16.9 Å². The molecule has 2 aromatic heterocycles. The van der Waals surface area contributed by atoms with E-state index in [1.165, 1.54) is 17.3 Å². The van der Waals surface area contributed by atoms with Gasteiger partial charge >= 0.3 is 5.97 Å². The molecule has 0 aliphatic rings. The molecule has 0 amide bonds. The van der Waals surface area contributed by atoms with Gasteiger partial charge in [0.2, 0.25) is 5.16 Å². The van der Waals surface area contributed by atoms with E-state index in [9.17, 15) is 10.1 Å². The fourth-order valence-corrected chi connectivity index (χ4v) is 4.24. The molecule has 0 fully saturated rings. The molecule has 138 valence electrons. The lowest BCUT2D eigenvalue weighted by Crippen LogP contribution is -2.05. The van der Waals surface area contributed by atoms with Gasteiger partial charge in [-0.05, 0) is 13.8 Å². The lowest BCUT2D eigenvalue weighted by atomic mass is 10.1. The molecule has 7 nitrogen and oxygen atoms in total. The largest absolute Gasteiger partial charge is 0.462 e. The Balaban J connectivity index is 1.80. The van der Waals surface area contributed by atoms with Gasteiger partial charge in [-0.15, -0.1) is 16.4 Å². The number of nitriles is 1. The summed E-state index contributed by atoms with van der Waals surface area (Å²) >= 11 is 2.39. The molecule has 27 heavy (non-hydrogen) atoms. The number of benzene rings is 1. The van der Waals surface area contributed by atoms with Crippen LogP contribution in [0, 0.1) is 18.3 Å². The number of rotatable bonds is 6. The summed E-state index contributed by atoms with van der Waals surface area (Å²) in [5.41, 5.74) is 8.86. The van der Waals surface area contributed by atoms with Crippen LogP contribution < -0.4 is 5.73 Å². The van der Waals surface area contributed by atoms with Crippen LogP contribution in [-0.2, 0) is 10.5 Å². The van der Waals surface area contributed by atoms with E-state index in [2.05, 4.69) is 21.3 Å². The molecule has 3 rings (SSSR count). The quantitative estimate of drug-likeness (QED) is 0.478. The van der Waals surface area contributed by atoms with Crippen LogP contribution in [0.25, 0.3) is 11.4 Å². The molecule has 0 atom stereocenters. The third kappa shape index (κ3) is 4.13. The Morgan fingerprint density at radius 3 is 2.81 bits per heavy atom. The van der Waals surface area contributed by atoms with Crippen molar-refractivity contribution in [2.75, 3.05) is 12.3 Å². The van der Waals surface area contributed by atoms with E-state index in [0.29, 0.717) is 37.7 Å². The van der Waals surface area contributed by atoms with Gasteiger partial charge in [0.05, 0.1) is 12.2 Å². The summed E-state index contributed by atoms with van der Waals surface area (Å²) in [6.07, 6.45) is 0. The number of aromatic nitrogens is 3. The Hall–Kier alpha value is -2.83. The fourth-order valence-electron chi connectivity index (χ4n) is 2.39. The molecular weight excluding hydrogens is 382 g/mol. The zero-order valence-corrected chi connectivity index (χ0v) is 16.4. The first kappa shape index (κ1) is 18.9. The minimum atomic E-state index is -0.471. The number of thioether (sulfide) groups is 1. The van der Waals surface area contributed by atoms with Crippen molar-refractivity contribution < 1.29 is 9.53 Å². The van der Waals surface area contributed by atoms with E-state index in [1.807, 2.05) is 31.2 Å². The summed E-state index contributed by atoms with van der Waals surface area (Å²) < 4.78 is 5.06. The number of nitrogens with zero attached hydrogens (tertiary/aromatic N) is 3. The monoisotopic (exact) mass is 399 g/mol. The average Bonchev–Trinajstić information content (AvgIpc) is 3.25. The van der Waals surface area contributed by atoms with Gasteiger partial charge in [0.15, 0.2) is 5.82 Å². The Bertz CT molecular complexity index is 1000. The minimum Gasteiger partial charge on any atom is -0.462 e. The molecule has 2 heterocycles. The van der Waals surface area contributed by atoms with Crippen molar-refractivity contribution in [3.05, 3.63) is 45.8 Å². The van der Waals surface area contributed by atoms with E-state index in [0.717, 1.165) is 16.9 Å². The van der Waals surface area contributed by atoms with Gasteiger partial charge < -0.3 is 10.5 Å². The molecule has 0 radical (unpaired) electrons. The number of hydrogen-bond acceptors (Lipinski definition) is 8. The maximum Gasteiger partial charge on any atom is 0.348 e. The maximum atomic E-state index is 12.2. The summed E-state index contributed by atoms with van der Waals surface area (Å²) in [5.74, 6) is 0.533. The molecule has 3 N–H and O–H groups in total. The predicted molar refractivity (Wildman–Crippen MR) is 106 cm³/mol. The second kappa shape index (κ2) is 8.24. The van der Waals surface area contributed by atoms with Crippen LogP contribution >= 0.6 is 23.1 Å². The van der Waals surface area contributed by atoms with E-state index in [1.54, 1.807) is 6.92 Å². The highest BCUT2D eigenvalue weighted by atomic mass is 32.2. The van der Waals surface area contributed by atoms with Gasteiger partial charge in [0.1, 0.15) is 15.9 Å². The second-order valence-corrected chi connectivity index (χ2v) is 7.60. The highest BCUT2D eigenvalue weighted by Crippen LogP contribution is 2.35. The summed E-state index contributed by atoms with van der Waals surface area (Å²) in [7, 11) is 0. The first-order valence-electron chi connectivity index (χ1n) is 8.14. The number of nitrogens with one attached hydrogen (secondary N) is 1. The smallest absolute Gasteiger partial charge is 0.348 e. The van der Waals surface area contributed by atoms with Crippen LogP contribution in [0.15, 0.2) is 29.4 Å². The van der Waals surface area contributed by atoms with E-state index in [-0.39, 0.29) is 6.61 Å². The van der Waals surface area contributed by atoms with Gasteiger partial charge in [0.25, 0.3) is 0 Å². The zero-order valence-electron chi connectivity index (χ0n) is 14.8. The molecule has 0 saturated carbocycles. The molecular formula is C18H17N5O2S2. The highest BCUT2D eigenvalue weighted by Gasteiger charge is 2.23. The number of hydrogen-bond donors (Lipinski definition) is 2. The Labute approximate surface area is 164 Å². The highest BCUT2D eigenvalue weighted by molar-refractivity contribution is 7.98. The Morgan fingerprint density at radius 1 is 1.41 bits per heavy atom. The number of carbonyl (C=O) groups is 1. The SMILES string of the molecule is CCOC(=O)c1sc(N)c(C#N)c1CSc1n[nH]c(-c2ccc(C)cc2)n1. The molecule has 0 aliphatic heterocycles. The van der Waals surface area contributed by atoms with Crippen molar-refractivity contribution in [1.29, 1.82) is 5.26 Å². The first-order chi connectivity index (χ1) is 13.0. The number of H-pyrrole nitrogens is 1. The number of thiophene rings is 1. The van der Waals surface area contributed by atoms with Crippen molar-refractivity contribution in [1.82, 2.24) is 15.2 Å². The molecule has 0 bridgehead atoms. The fraction of sp³-hybridized carbons (Fsp3) is 0.222. The molecule has 0 saturated heterocycles. The van der Waals surface area contributed by atoms with Crippen LogP contribution in [0.1, 0.15) is 33.3 Å². The topological polar surface area (TPSA) is 118 Å². The van der Waals surface area contributed by atoms with Crippen molar-refractivity contribution in [2.45, 2.75) is 24.8 Å². The zero-order chi connectivity index (χ0) is 19.4. The maximum absolute atomic E-state index is 12.2.